The fourth-order valence-electron chi connectivity index (χ4n) is 3.27. The van der Waals surface area contributed by atoms with Crippen molar-refractivity contribution in [1.29, 1.82) is 5.26 Å². The number of ether oxygens (including phenoxy) is 2. The van der Waals surface area contributed by atoms with E-state index in [2.05, 4.69) is 11.1 Å². The number of nitriles is 1. The summed E-state index contributed by atoms with van der Waals surface area (Å²) in [4.78, 5) is 16.7. The Labute approximate surface area is 189 Å². The maximum atomic E-state index is 12.7. The Morgan fingerprint density at radius 2 is 1.85 bits per heavy atom. The van der Waals surface area contributed by atoms with Crippen LogP contribution in [-0.2, 0) is 17.3 Å². The number of hydrogen-bond donors (Lipinski definition) is 0. The summed E-state index contributed by atoms with van der Waals surface area (Å²) < 4.78 is 48.9. The first-order chi connectivity index (χ1) is 15.7. The van der Waals surface area contributed by atoms with Gasteiger partial charge in [0.05, 0.1) is 35.6 Å². The number of nitrogens with zero attached hydrogens (tertiary/aromatic N) is 2. The number of carbonyl (C=O) groups is 1. The molecule has 0 aliphatic rings. The second kappa shape index (κ2) is 10.2. The van der Waals surface area contributed by atoms with Crippen LogP contribution in [0.15, 0.2) is 54.7 Å². The third kappa shape index (κ3) is 5.69. The minimum Gasteiger partial charge on any atom is -0.492 e. The molecule has 0 amide bonds. The van der Waals surface area contributed by atoms with Gasteiger partial charge in [0.1, 0.15) is 11.8 Å². The quantitative estimate of drug-likeness (QED) is 0.426. The highest BCUT2D eigenvalue weighted by atomic mass is 19.4. The third-order valence-corrected chi connectivity index (χ3v) is 4.94. The highest BCUT2D eigenvalue weighted by molar-refractivity contribution is 5.97. The van der Waals surface area contributed by atoms with Crippen molar-refractivity contribution in [3.05, 3.63) is 82.5 Å². The number of aromatic nitrogens is 1. The first-order valence-corrected chi connectivity index (χ1v) is 10.2. The molecule has 0 saturated heterocycles. The van der Waals surface area contributed by atoms with Crippen LogP contribution in [0.2, 0.25) is 0 Å². The van der Waals surface area contributed by atoms with E-state index in [4.69, 9.17) is 9.47 Å². The van der Waals surface area contributed by atoms with Gasteiger partial charge in [-0.3, -0.25) is 4.98 Å². The molecule has 0 radical (unpaired) electrons. The second-order valence-corrected chi connectivity index (χ2v) is 7.19. The van der Waals surface area contributed by atoms with Crippen LogP contribution in [0.5, 0.6) is 5.75 Å². The van der Waals surface area contributed by atoms with Crippen molar-refractivity contribution in [2.75, 3.05) is 13.2 Å². The Bertz CT molecular complexity index is 1180. The fourth-order valence-corrected chi connectivity index (χ4v) is 3.27. The van der Waals surface area contributed by atoms with Crippen LogP contribution in [0, 0.1) is 18.3 Å². The van der Waals surface area contributed by atoms with E-state index in [1.54, 1.807) is 44.3 Å². The van der Waals surface area contributed by atoms with Gasteiger partial charge in [-0.25, -0.2) is 4.79 Å². The van der Waals surface area contributed by atoms with Gasteiger partial charge in [-0.05, 0) is 61.4 Å². The van der Waals surface area contributed by atoms with Crippen LogP contribution in [0.3, 0.4) is 0 Å². The molecule has 0 N–H and O–H groups in total. The predicted molar refractivity (Wildman–Crippen MR) is 116 cm³/mol. The van der Waals surface area contributed by atoms with Gasteiger partial charge < -0.3 is 9.47 Å². The second-order valence-electron chi connectivity index (χ2n) is 7.19. The van der Waals surface area contributed by atoms with E-state index in [9.17, 15) is 23.2 Å². The number of carbonyl (C=O) groups excluding carboxylic acids is 1. The number of benzene rings is 2. The molecule has 0 unspecified atom stereocenters. The van der Waals surface area contributed by atoms with E-state index in [1.165, 1.54) is 12.1 Å². The van der Waals surface area contributed by atoms with Crippen molar-refractivity contribution in [3.8, 4) is 23.1 Å². The molecule has 3 rings (SSSR count). The summed E-state index contributed by atoms with van der Waals surface area (Å²) in [5.74, 6) is -0.160. The van der Waals surface area contributed by atoms with Gasteiger partial charge in [-0.1, -0.05) is 12.1 Å². The monoisotopic (exact) mass is 454 g/mol. The molecule has 0 fully saturated rings. The van der Waals surface area contributed by atoms with Gasteiger partial charge >= 0.3 is 12.1 Å². The number of rotatable bonds is 7. The number of aryl methyl sites for hydroxylation is 1. The zero-order chi connectivity index (χ0) is 24.0. The molecule has 0 aliphatic carbocycles. The van der Waals surface area contributed by atoms with Crippen LogP contribution in [0.25, 0.3) is 11.3 Å². The summed E-state index contributed by atoms with van der Waals surface area (Å²) in [6.07, 6.45) is -2.43. The molecular weight excluding hydrogens is 433 g/mol. The third-order valence-electron chi connectivity index (χ3n) is 4.94. The van der Waals surface area contributed by atoms with Crippen LogP contribution in [0.1, 0.15) is 39.5 Å². The minimum absolute atomic E-state index is 0.177. The van der Waals surface area contributed by atoms with E-state index >= 15 is 0 Å². The normalized spacial score (nSPS) is 11.0. The lowest BCUT2D eigenvalue weighted by Crippen LogP contribution is -2.10. The summed E-state index contributed by atoms with van der Waals surface area (Å²) in [5, 5.41) is 9.58. The maximum absolute atomic E-state index is 12.7. The first-order valence-electron chi connectivity index (χ1n) is 10.2. The molecule has 5 nitrogen and oxygen atoms in total. The van der Waals surface area contributed by atoms with Crippen molar-refractivity contribution in [1.82, 2.24) is 4.98 Å². The molecule has 8 heteroatoms. The standard InChI is InChI=1S/C25H21F3N2O3/c1-3-32-24(31)22-16(2)10-12-30-23(22)18-6-9-21(19(14-18)15-29)33-13-11-17-4-7-20(8-5-17)25(26,27)28/h4-10,12,14H,3,11,13H2,1-2H3. The highest BCUT2D eigenvalue weighted by Gasteiger charge is 2.29. The smallest absolute Gasteiger partial charge is 0.416 e. The zero-order valence-corrected chi connectivity index (χ0v) is 18.1. The SMILES string of the molecule is CCOC(=O)c1c(C)ccnc1-c1ccc(OCCc2ccc(C(F)(F)F)cc2)c(C#N)c1. The molecule has 2 aromatic carbocycles. The lowest BCUT2D eigenvalue weighted by molar-refractivity contribution is -0.137. The summed E-state index contributed by atoms with van der Waals surface area (Å²) >= 11 is 0. The fraction of sp³-hybridized carbons (Fsp3) is 0.240. The van der Waals surface area contributed by atoms with E-state index in [-0.39, 0.29) is 18.8 Å². The molecule has 33 heavy (non-hydrogen) atoms. The Morgan fingerprint density at radius 3 is 2.48 bits per heavy atom. The Hall–Kier alpha value is -3.86. The van der Waals surface area contributed by atoms with Crippen LogP contribution in [0.4, 0.5) is 13.2 Å². The molecule has 0 saturated carbocycles. The molecule has 3 aromatic rings. The van der Waals surface area contributed by atoms with Gasteiger partial charge in [-0.2, -0.15) is 18.4 Å². The van der Waals surface area contributed by atoms with Crippen molar-refractivity contribution >= 4 is 5.97 Å². The van der Waals surface area contributed by atoms with Crippen molar-refractivity contribution in [3.63, 3.8) is 0 Å². The van der Waals surface area contributed by atoms with Crippen molar-refractivity contribution < 1.29 is 27.4 Å². The van der Waals surface area contributed by atoms with E-state index in [1.807, 2.05) is 0 Å². The van der Waals surface area contributed by atoms with Gasteiger partial charge in [-0.15, -0.1) is 0 Å². The van der Waals surface area contributed by atoms with Crippen LogP contribution >= 0.6 is 0 Å². The summed E-state index contributed by atoms with van der Waals surface area (Å²) in [6.45, 7) is 3.90. The Morgan fingerprint density at radius 1 is 1.12 bits per heavy atom. The van der Waals surface area contributed by atoms with E-state index < -0.39 is 17.7 Å². The number of esters is 1. The Kier molecular flexibility index (Phi) is 7.34. The molecular formula is C25H21F3N2O3. The van der Waals surface area contributed by atoms with Gasteiger partial charge in [0, 0.05) is 18.2 Å². The zero-order valence-electron chi connectivity index (χ0n) is 18.1. The lowest BCUT2D eigenvalue weighted by atomic mass is 10.00. The molecule has 0 atom stereocenters. The highest BCUT2D eigenvalue weighted by Crippen LogP contribution is 2.30. The van der Waals surface area contributed by atoms with Crippen LogP contribution < -0.4 is 4.74 Å². The molecule has 1 heterocycles. The minimum atomic E-state index is -4.38. The predicted octanol–water partition coefficient (Wildman–Crippen LogP) is 5.75. The molecule has 0 bridgehead atoms. The van der Waals surface area contributed by atoms with Crippen LogP contribution in [-0.4, -0.2) is 24.2 Å². The van der Waals surface area contributed by atoms with Crippen molar-refractivity contribution in [2.45, 2.75) is 26.4 Å². The number of hydrogen-bond acceptors (Lipinski definition) is 5. The molecule has 0 aliphatic heterocycles. The average Bonchev–Trinajstić information content (AvgIpc) is 2.79. The van der Waals surface area contributed by atoms with Gasteiger partial charge in [0.2, 0.25) is 0 Å². The summed E-state index contributed by atoms with van der Waals surface area (Å²) in [6, 6.07) is 13.5. The molecule has 170 valence electrons. The summed E-state index contributed by atoms with van der Waals surface area (Å²) in [7, 11) is 0. The van der Waals surface area contributed by atoms with Gasteiger partial charge in [0.15, 0.2) is 0 Å². The van der Waals surface area contributed by atoms with E-state index in [0.717, 1.165) is 12.1 Å². The largest absolute Gasteiger partial charge is 0.492 e. The molecule has 0 spiro atoms. The van der Waals surface area contributed by atoms with Gasteiger partial charge in [0.25, 0.3) is 0 Å². The van der Waals surface area contributed by atoms with E-state index in [0.29, 0.717) is 40.1 Å². The average molecular weight is 454 g/mol. The topological polar surface area (TPSA) is 72.2 Å². The Balaban J connectivity index is 1.77. The number of halogens is 3. The number of alkyl halides is 3. The summed E-state index contributed by atoms with van der Waals surface area (Å²) in [5.41, 5.74) is 2.23. The molecule has 1 aromatic heterocycles. The maximum Gasteiger partial charge on any atom is 0.416 e. The van der Waals surface area contributed by atoms with Crippen molar-refractivity contribution in [2.24, 2.45) is 0 Å². The lowest BCUT2D eigenvalue weighted by Gasteiger charge is -2.13. The number of pyridine rings is 1. The first kappa shape index (κ1) is 23.8.